The van der Waals surface area contributed by atoms with Crippen molar-refractivity contribution in [3.05, 3.63) is 53.6 Å². The Morgan fingerprint density at radius 3 is 2.80 bits per heavy atom. The van der Waals surface area contributed by atoms with Crippen LogP contribution >= 0.6 is 0 Å². The Labute approximate surface area is 147 Å². The standard InChI is InChI=1S/C20H23NO4/c1-13-8-9-14(2)19(10-13)24-15(3)20(22)21-11-16-12-23-17-6-4-5-7-18(17)25-16/h4-10,15-16H,11-12H2,1-3H3,(H,21,22)/t15-,16-/m0/s1. The van der Waals surface area contributed by atoms with Gasteiger partial charge in [-0.15, -0.1) is 0 Å². The number of nitrogens with one attached hydrogen (secondary N) is 1. The summed E-state index contributed by atoms with van der Waals surface area (Å²) in [5.74, 6) is 1.99. The van der Waals surface area contributed by atoms with Crippen molar-refractivity contribution in [2.24, 2.45) is 0 Å². The van der Waals surface area contributed by atoms with Gasteiger partial charge < -0.3 is 19.5 Å². The summed E-state index contributed by atoms with van der Waals surface area (Å²) in [5.41, 5.74) is 2.10. The summed E-state index contributed by atoms with van der Waals surface area (Å²) in [4.78, 5) is 12.3. The first-order valence-electron chi connectivity index (χ1n) is 8.43. The van der Waals surface area contributed by atoms with Gasteiger partial charge in [-0.05, 0) is 50.1 Å². The molecule has 132 valence electrons. The van der Waals surface area contributed by atoms with Gasteiger partial charge in [0.2, 0.25) is 0 Å². The van der Waals surface area contributed by atoms with Gasteiger partial charge in [0.1, 0.15) is 18.5 Å². The van der Waals surface area contributed by atoms with Crippen LogP contribution in [0.4, 0.5) is 0 Å². The summed E-state index contributed by atoms with van der Waals surface area (Å²) in [7, 11) is 0. The highest BCUT2D eigenvalue weighted by Crippen LogP contribution is 2.30. The van der Waals surface area contributed by atoms with E-state index in [1.807, 2.05) is 56.3 Å². The van der Waals surface area contributed by atoms with Crippen LogP contribution in [0.15, 0.2) is 42.5 Å². The van der Waals surface area contributed by atoms with Crippen molar-refractivity contribution in [3.8, 4) is 17.2 Å². The molecule has 0 bridgehead atoms. The summed E-state index contributed by atoms with van der Waals surface area (Å²) in [6, 6.07) is 13.5. The number of para-hydroxylation sites is 2. The van der Waals surface area contributed by atoms with Crippen molar-refractivity contribution < 1.29 is 19.0 Å². The summed E-state index contributed by atoms with van der Waals surface area (Å²) in [6.07, 6.45) is -0.802. The van der Waals surface area contributed by atoms with E-state index in [-0.39, 0.29) is 12.0 Å². The van der Waals surface area contributed by atoms with Crippen LogP contribution in [0.2, 0.25) is 0 Å². The first kappa shape index (κ1) is 17.1. The highest BCUT2D eigenvalue weighted by atomic mass is 16.6. The molecule has 0 saturated carbocycles. The molecule has 2 aromatic rings. The van der Waals surface area contributed by atoms with E-state index in [2.05, 4.69) is 5.32 Å². The lowest BCUT2D eigenvalue weighted by Gasteiger charge is -2.27. The molecule has 3 rings (SSSR count). The van der Waals surface area contributed by atoms with E-state index in [0.717, 1.165) is 22.6 Å². The molecule has 0 fully saturated rings. The number of carbonyl (C=O) groups is 1. The van der Waals surface area contributed by atoms with Crippen LogP contribution in [0.25, 0.3) is 0 Å². The molecule has 1 amide bonds. The molecule has 0 spiro atoms. The summed E-state index contributed by atoms with van der Waals surface area (Å²) >= 11 is 0. The lowest BCUT2D eigenvalue weighted by atomic mass is 10.1. The van der Waals surface area contributed by atoms with Gasteiger partial charge in [0.25, 0.3) is 5.91 Å². The topological polar surface area (TPSA) is 56.8 Å². The van der Waals surface area contributed by atoms with Gasteiger partial charge in [0.05, 0.1) is 6.54 Å². The number of benzene rings is 2. The zero-order chi connectivity index (χ0) is 17.8. The van der Waals surface area contributed by atoms with E-state index >= 15 is 0 Å². The Kier molecular flexibility index (Phi) is 5.12. The summed E-state index contributed by atoms with van der Waals surface area (Å²) < 4.78 is 17.3. The Morgan fingerprint density at radius 2 is 2.00 bits per heavy atom. The average molecular weight is 341 g/mol. The Morgan fingerprint density at radius 1 is 1.24 bits per heavy atom. The van der Waals surface area contributed by atoms with Gasteiger partial charge in [-0.1, -0.05) is 24.3 Å². The molecule has 25 heavy (non-hydrogen) atoms. The third-order valence-corrected chi connectivity index (χ3v) is 4.09. The maximum Gasteiger partial charge on any atom is 0.260 e. The maximum atomic E-state index is 12.3. The second-order valence-electron chi connectivity index (χ2n) is 6.27. The Balaban J connectivity index is 1.52. The zero-order valence-corrected chi connectivity index (χ0v) is 14.7. The molecule has 1 N–H and O–H groups in total. The first-order valence-corrected chi connectivity index (χ1v) is 8.43. The van der Waals surface area contributed by atoms with Gasteiger partial charge in [-0.25, -0.2) is 0 Å². The van der Waals surface area contributed by atoms with Crippen molar-refractivity contribution in [2.75, 3.05) is 13.2 Å². The lowest BCUT2D eigenvalue weighted by molar-refractivity contribution is -0.127. The second-order valence-corrected chi connectivity index (χ2v) is 6.27. The van der Waals surface area contributed by atoms with Gasteiger partial charge in [-0.2, -0.15) is 0 Å². The fourth-order valence-corrected chi connectivity index (χ4v) is 2.60. The van der Waals surface area contributed by atoms with E-state index in [1.165, 1.54) is 0 Å². The third-order valence-electron chi connectivity index (χ3n) is 4.09. The number of hydrogen-bond donors (Lipinski definition) is 1. The predicted octanol–water partition coefficient (Wildman–Crippen LogP) is 3.03. The highest BCUT2D eigenvalue weighted by molar-refractivity contribution is 5.80. The lowest BCUT2D eigenvalue weighted by Crippen LogP contribution is -2.44. The molecule has 1 aliphatic heterocycles. The quantitative estimate of drug-likeness (QED) is 0.908. The smallest absolute Gasteiger partial charge is 0.260 e. The summed E-state index contributed by atoms with van der Waals surface area (Å²) in [5, 5.41) is 2.87. The monoisotopic (exact) mass is 341 g/mol. The maximum absolute atomic E-state index is 12.3. The van der Waals surface area contributed by atoms with Gasteiger partial charge in [0.15, 0.2) is 17.6 Å². The van der Waals surface area contributed by atoms with E-state index in [0.29, 0.717) is 18.9 Å². The van der Waals surface area contributed by atoms with E-state index in [1.54, 1.807) is 6.92 Å². The largest absolute Gasteiger partial charge is 0.486 e. The number of carbonyl (C=O) groups excluding carboxylic acids is 1. The minimum atomic E-state index is -0.586. The van der Waals surface area contributed by atoms with Crippen LogP contribution in [0.1, 0.15) is 18.1 Å². The zero-order valence-electron chi connectivity index (χ0n) is 14.7. The molecule has 0 aliphatic carbocycles. The molecule has 5 nitrogen and oxygen atoms in total. The van der Waals surface area contributed by atoms with Gasteiger partial charge >= 0.3 is 0 Å². The van der Waals surface area contributed by atoms with E-state index in [4.69, 9.17) is 14.2 Å². The Hall–Kier alpha value is -2.69. The van der Waals surface area contributed by atoms with Crippen molar-refractivity contribution in [1.29, 1.82) is 0 Å². The molecule has 1 aliphatic rings. The number of aryl methyl sites for hydroxylation is 2. The van der Waals surface area contributed by atoms with Crippen LogP contribution in [-0.2, 0) is 4.79 Å². The molecule has 1 heterocycles. The number of ether oxygens (including phenoxy) is 3. The minimum absolute atomic E-state index is 0.177. The molecule has 0 radical (unpaired) electrons. The normalized spacial score (nSPS) is 16.8. The SMILES string of the molecule is Cc1ccc(C)c(O[C@@H](C)C(=O)NC[C@H]2COc3ccccc3O2)c1. The number of fused-ring (bicyclic) bond motifs is 1. The molecular weight excluding hydrogens is 318 g/mol. The molecule has 0 aromatic heterocycles. The first-order chi connectivity index (χ1) is 12.0. The number of rotatable bonds is 5. The molecule has 2 aromatic carbocycles. The molecule has 2 atom stereocenters. The summed E-state index contributed by atoms with van der Waals surface area (Å²) in [6.45, 7) is 6.47. The predicted molar refractivity (Wildman–Crippen MR) is 95.4 cm³/mol. The van der Waals surface area contributed by atoms with Crippen LogP contribution in [0.3, 0.4) is 0 Å². The van der Waals surface area contributed by atoms with E-state index < -0.39 is 6.10 Å². The van der Waals surface area contributed by atoms with Crippen LogP contribution < -0.4 is 19.5 Å². The van der Waals surface area contributed by atoms with Gasteiger partial charge in [-0.3, -0.25) is 4.79 Å². The molecular formula is C20H23NO4. The fraction of sp³-hybridized carbons (Fsp3) is 0.350. The van der Waals surface area contributed by atoms with Crippen molar-refractivity contribution in [2.45, 2.75) is 33.0 Å². The molecule has 0 saturated heterocycles. The van der Waals surface area contributed by atoms with Crippen molar-refractivity contribution in [1.82, 2.24) is 5.32 Å². The third kappa shape index (κ3) is 4.24. The van der Waals surface area contributed by atoms with Gasteiger partial charge in [0, 0.05) is 0 Å². The van der Waals surface area contributed by atoms with Crippen molar-refractivity contribution >= 4 is 5.91 Å². The van der Waals surface area contributed by atoms with Crippen LogP contribution in [0, 0.1) is 13.8 Å². The molecule has 5 heteroatoms. The Bertz CT molecular complexity index is 759. The average Bonchev–Trinajstić information content (AvgIpc) is 2.62. The number of hydrogen-bond acceptors (Lipinski definition) is 4. The minimum Gasteiger partial charge on any atom is -0.486 e. The van der Waals surface area contributed by atoms with Crippen molar-refractivity contribution in [3.63, 3.8) is 0 Å². The number of amides is 1. The highest BCUT2D eigenvalue weighted by Gasteiger charge is 2.23. The fourth-order valence-electron chi connectivity index (χ4n) is 2.60. The van der Waals surface area contributed by atoms with E-state index in [9.17, 15) is 4.79 Å². The molecule has 0 unspecified atom stereocenters. The van der Waals surface area contributed by atoms with Crippen LogP contribution in [-0.4, -0.2) is 31.3 Å². The van der Waals surface area contributed by atoms with Crippen LogP contribution in [0.5, 0.6) is 17.2 Å². The second kappa shape index (κ2) is 7.47.